The first kappa shape index (κ1) is 13.4. The van der Waals surface area contributed by atoms with Gasteiger partial charge in [-0.25, -0.2) is 9.97 Å². The van der Waals surface area contributed by atoms with Crippen LogP contribution in [0.5, 0.6) is 0 Å². The fourth-order valence-corrected chi connectivity index (χ4v) is 2.04. The highest BCUT2D eigenvalue weighted by atomic mass is 35.5. The quantitative estimate of drug-likeness (QED) is 0.824. The number of aromatic nitrogens is 2. The fraction of sp³-hybridized carbons (Fsp3) is 0.600. The maximum Gasteiger partial charge on any atom is 0.137 e. The minimum atomic E-state index is -0.753. The summed E-state index contributed by atoms with van der Waals surface area (Å²) in [5.41, 5.74) is 0.841. The zero-order valence-electron chi connectivity index (χ0n) is 9.66. The summed E-state index contributed by atoms with van der Waals surface area (Å²) in [7, 11) is -0.753. The first-order valence-corrected chi connectivity index (χ1v) is 7.15. The minimum Gasteiger partial charge on any atom is -0.367 e. The molecule has 0 fully saturated rings. The van der Waals surface area contributed by atoms with Crippen LogP contribution in [0.4, 0.5) is 5.82 Å². The van der Waals surface area contributed by atoms with Gasteiger partial charge in [-0.15, -0.1) is 0 Å². The van der Waals surface area contributed by atoms with Crippen LogP contribution in [0.15, 0.2) is 6.33 Å². The Bertz CT molecular complexity index is 386. The smallest absolute Gasteiger partial charge is 0.137 e. The Morgan fingerprint density at radius 3 is 2.88 bits per heavy atom. The van der Waals surface area contributed by atoms with E-state index in [1.807, 2.05) is 13.8 Å². The Kier molecular flexibility index (Phi) is 5.15. The van der Waals surface area contributed by atoms with E-state index in [0.717, 1.165) is 17.8 Å². The third-order valence-electron chi connectivity index (χ3n) is 2.24. The number of hydrogen-bond donors (Lipinski definition) is 1. The summed E-state index contributed by atoms with van der Waals surface area (Å²) in [5, 5.41) is 3.70. The van der Waals surface area contributed by atoms with E-state index in [9.17, 15) is 4.21 Å². The largest absolute Gasteiger partial charge is 0.367 e. The van der Waals surface area contributed by atoms with Gasteiger partial charge in [-0.2, -0.15) is 0 Å². The lowest BCUT2D eigenvalue weighted by atomic mass is 10.2. The van der Waals surface area contributed by atoms with E-state index in [1.54, 1.807) is 6.26 Å². The SMILES string of the molecule is Cc1c(Cl)ncnc1NC(C)CCS(C)=O. The molecule has 1 rings (SSSR count). The predicted molar refractivity (Wildman–Crippen MR) is 68.4 cm³/mol. The second-order valence-electron chi connectivity index (χ2n) is 3.75. The van der Waals surface area contributed by atoms with Crippen molar-refractivity contribution in [2.24, 2.45) is 0 Å². The van der Waals surface area contributed by atoms with Crippen molar-refractivity contribution in [3.05, 3.63) is 17.0 Å². The molecule has 1 N–H and O–H groups in total. The predicted octanol–water partition coefficient (Wildman–Crippen LogP) is 2.01. The Labute approximate surface area is 103 Å². The molecule has 0 saturated carbocycles. The molecule has 1 aromatic rings. The minimum absolute atomic E-state index is 0.216. The molecule has 16 heavy (non-hydrogen) atoms. The van der Waals surface area contributed by atoms with Crippen molar-refractivity contribution >= 4 is 28.2 Å². The van der Waals surface area contributed by atoms with Gasteiger partial charge in [0, 0.05) is 34.4 Å². The van der Waals surface area contributed by atoms with Crippen LogP contribution >= 0.6 is 11.6 Å². The zero-order valence-corrected chi connectivity index (χ0v) is 11.2. The molecule has 0 bridgehead atoms. The topological polar surface area (TPSA) is 54.9 Å². The van der Waals surface area contributed by atoms with E-state index in [-0.39, 0.29) is 6.04 Å². The number of hydrogen-bond acceptors (Lipinski definition) is 4. The number of rotatable bonds is 5. The average Bonchev–Trinajstić information content (AvgIpc) is 2.22. The number of nitrogens with zero attached hydrogens (tertiary/aromatic N) is 2. The van der Waals surface area contributed by atoms with E-state index in [1.165, 1.54) is 6.33 Å². The molecule has 6 heteroatoms. The molecule has 2 atom stereocenters. The van der Waals surface area contributed by atoms with Crippen molar-refractivity contribution in [2.75, 3.05) is 17.3 Å². The standard InChI is InChI=1S/C10H16ClN3OS/c1-7(4-5-16(3)15)14-10-8(2)9(11)12-6-13-10/h6-7H,4-5H2,1-3H3,(H,12,13,14). The third kappa shape index (κ3) is 4.06. The van der Waals surface area contributed by atoms with Gasteiger partial charge in [-0.3, -0.25) is 4.21 Å². The van der Waals surface area contributed by atoms with Crippen molar-refractivity contribution in [3.63, 3.8) is 0 Å². The molecular weight excluding hydrogens is 246 g/mol. The van der Waals surface area contributed by atoms with Gasteiger partial charge in [0.15, 0.2) is 0 Å². The van der Waals surface area contributed by atoms with Crippen LogP contribution in [0.2, 0.25) is 5.15 Å². The average molecular weight is 262 g/mol. The van der Waals surface area contributed by atoms with Crippen molar-refractivity contribution in [2.45, 2.75) is 26.3 Å². The summed E-state index contributed by atoms with van der Waals surface area (Å²) in [6, 6.07) is 0.216. The van der Waals surface area contributed by atoms with Crippen molar-refractivity contribution in [1.82, 2.24) is 9.97 Å². The van der Waals surface area contributed by atoms with Gasteiger partial charge in [-0.1, -0.05) is 11.6 Å². The van der Waals surface area contributed by atoms with Crippen molar-refractivity contribution in [1.29, 1.82) is 0 Å². The lowest BCUT2D eigenvalue weighted by Crippen LogP contribution is -2.19. The number of halogens is 1. The van der Waals surface area contributed by atoms with Crippen LogP contribution in [0, 0.1) is 6.92 Å². The maximum atomic E-state index is 11.0. The van der Waals surface area contributed by atoms with Crippen molar-refractivity contribution < 1.29 is 4.21 Å². The molecule has 0 spiro atoms. The van der Waals surface area contributed by atoms with Crippen molar-refractivity contribution in [3.8, 4) is 0 Å². The van der Waals surface area contributed by atoms with Crippen LogP contribution in [-0.4, -0.2) is 32.2 Å². The van der Waals surface area contributed by atoms with Gasteiger partial charge >= 0.3 is 0 Å². The molecule has 2 unspecified atom stereocenters. The molecule has 4 nitrogen and oxygen atoms in total. The van der Waals surface area contributed by atoms with Crippen LogP contribution in [0.25, 0.3) is 0 Å². The summed E-state index contributed by atoms with van der Waals surface area (Å²) in [6.45, 7) is 3.90. The second-order valence-corrected chi connectivity index (χ2v) is 5.66. The Balaban J connectivity index is 2.59. The van der Waals surface area contributed by atoms with E-state index in [0.29, 0.717) is 10.9 Å². The highest BCUT2D eigenvalue weighted by Gasteiger charge is 2.08. The van der Waals surface area contributed by atoms with E-state index in [4.69, 9.17) is 11.6 Å². The molecule has 0 aliphatic carbocycles. The molecule has 0 aliphatic rings. The Morgan fingerprint density at radius 1 is 1.56 bits per heavy atom. The summed E-state index contributed by atoms with van der Waals surface area (Å²) in [4.78, 5) is 8.01. The van der Waals surface area contributed by atoms with Gasteiger partial charge in [0.1, 0.15) is 17.3 Å². The number of nitrogens with one attached hydrogen (secondary N) is 1. The van der Waals surface area contributed by atoms with Gasteiger partial charge in [0.2, 0.25) is 0 Å². The van der Waals surface area contributed by atoms with E-state index < -0.39 is 10.8 Å². The highest BCUT2D eigenvalue weighted by Crippen LogP contribution is 2.18. The first-order valence-electron chi connectivity index (χ1n) is 5.04. The summed E-state index contributed by atoms with van der Waals surface area (Å²) < 4.78 is 11.0. The van der Waals surface area contributed by atoms with Crippen LogP contribution in [-0.2, 0) is 10.8 Å². The Morgan fingerprint density at radius 2 is 2.25 bits per heavy atom. The van der Waals surface area contributed by atoms with Crippen LogP contribution in [0.1, 0.15) is 18.9 Å². The first-order chi connectivity index (χ1) is 7.50. The fourth-order valence-electron chi connectivity index (χ4n) is 1.22. The van der Waals surface area contributed by atoms with E-state index in [2.05, 4.69) is 15.3 Å². The van der Waals surface area contributed by atoms with Crippen LogP contribution < -0.4 is 5.32 Å². The lowest BCUT2D eigenvalue weighted by Gasteiger charge is -2.15. The lowest BCUT2D eigenvalue weighted by molar-refractivity contribution is 0.678. The molecule has 0 saturated heterocycles. The number of anilines is 1. The molecular formula is C10H16ClN3OS. The molecule has 0 aromatic carbocycles. The molecule has 0 aliphatic heterocycles. The molecule has 0 radical (unpaired) electrons. The highest BCUT2D eigenvalue weighted by molar-refractivity contribution is 7.84. The van der Waals surface area contributed by atoms with Gasteiger partial charge in [-0.05, 0) is 20.3 Å². The van der Waals surface area contributed by atoms with Gasteiger partial charge in [0.05, 0.1) is 0 Å². The van der Waals surface area contributed by atoms with Crippen LogP contribution in [0.3, 0.4) is 0 Å². The molecule has 0 amide bonds. The molecule has 1 heterocycles. The summed E-state index contributed by atoms with van der Waals surface area (Å²) in [5.74, 6) is 1.43. The summed E-state index contributed by atoms with van der Waals surface area (Å²) in [6.07, 6.45) is 3.98. The zero-order chi connectivity index (χ0) is 12.1. The second kappa shape index (κ2) is 6.15. The van der Waals surface area contributed by atoms with E-state index >= 15 is 0 Å². The monoisotopic (exact) mass is 261 g/mol. The summed E-state index contributed by atoms with van der Waals surface area (Å²) >= 11 is 5.89. The van der Waals surface area contributed by atoms with Gasteiger partial charge in [0.25, 0.3) is 0 Å². The Hall–Kier alpha value is -0.680. The molecule has 1 aromatic heterocycles. The normalized spacial score (nSPS) is 14.5. The third-order valence-corrected chi connectivity index (χ3v) is 3.44. The van der Waals surface area contributed by atoms with Gasteiger partial charge < -0.3 is 5.32 Å². The maximum absolute atomic E-state index is 11.0. The molecule has 90 valence electrons.